The van der Waals surface area contributed by atoms with Crippen molar-refractivity contribution < 1.29 is 4.74 Å². The van der Waals surface area contributed by atoms with Crippen molar-refractivity contribution in [2.24, 2.45) is 0 Å². The number of nitrogens with one attached hydrogen (secondary N) is 1. The zero-order valence-corrected chi connectivity index (χ0v) is 15.9. The molecule has 0 bridgehead atoms. The normalized spacial score (nSPS) is 11.8. The van der Waals surface area contributed by atoms with Crippen molar-refractivity contribution in [3.05, 3.63) is 76.4 Å². The molecule has 3 aromatic rings. The number of hydrogen-bond donors (Lipinski definition) is 1. The van der Waals surface area contributed by atoms with Crippen LogP contribution in [0.1, 0.15) is 30.4 Å². The predicted molar refractivity (Wildman–Crippen MR) is 111 cm³/mol. The van der Waals surface area contributed by atoms with Crippen LogP contribution in [0, 0.1) is 0 Å². The van der Waals surface area contributed by atoms with E-state index in [1.165, 1.54) is 16.5 Å². The Balaban J connectivity index is 1.46. The number of benzene rings is 2. The lowest BCUT2D eigenvalue weighted by molar-refractivity contribution is 0.414. The summed E-state index contributed by atoms with van der Waals surface area (Å²) in [6.45, 7) is 0. The van der Waals surface area contributed by atoms with E-state index in [-0.39, 0.29) is 0 Å². The van der Waals surface area contributed by atoms with Crippen molar-refractivity contribution in [1.29, 1.82) is 0 Å². The van der Waals surface area contributed by atoms with Gasteiger partial charge in [0, 0.05) is 16.2 Å². The smallest absolute Gasteiger partial charge is 0.119 e. The van der Waals surface area contributed by atoms with Crippen LogP contribution < -0.4 is 4.74 Å². The monoisotopic (exact) mass is 395 g/mol. The Labute approximate surface area is 157 Å². The van der Waals surface area contributed by atoms with E-state index in [4.69, 9.17) is 4.74 Å². The van der Waals surface area contributed by atoms with E-state index in [1.807, 2.05) is 24.4 Å². The molecule has 1 N–H and O–H groups in total. The van der Waals surface area contributed by atoms with Gasteiger partial charge in [-0.25, -0.2) is 0 Å². The SMILES string of the molecule is COc1ccc(Br)c(/C=C/CCC/C=C/c2ccc3cc[nH]c3c2)c1. The first-order valence-electron chi connectivity index (χ1n) is 8.50. The van der Waals surface area contributed by atoms with Crippen molar-refractivity contribution >= 4 is 39.0 Å². The molecule has 0 aliphatic carbocycles. The second-order valence-corrected chi connectivity index (χ2v) is 6.80. The predicted octanol–water partition coefficient (Wildman–Crippen LogP) is 6.84. The molecule has 1 aromatic heterocycles. The Bertz CT molecular complexity index is 892. The van der Waals surface area contributed by atoms with Crippen molar-refractivity contribution in [3.63, 3.8) is 0 Å². The summed E-state index contributed by atoms with van der Waals surface area (Å²) in [5.74, 6) is 0.879. The maximum Gasteiger partial charge on any atom is 0.119 e. The molecule has 0 fully saturated rings. The van der Waals surface area contributed by atoms with Crippen LogP contribution in [0.2, 0.25) is 0 Å². The fourth-order valence-electron chi connectivity index (χ4n) is 2.73. The molecule has 2 aromatic carbocycles. The van der Waals surface area contributed by atoms with Crippen LogP contribution in [0.5, 0.6) is 5.75 Å². The molecule has 0 unspecified atom stereocenters. The van der Waals surface area contributed by atoms with E-state index >= 15 is 0 Å². The third-order valence-corrected chi connectivity index (χ3v) is 4.85. The summed E-state index contributed by atoms with van der Waals surface area (Å²) in [5, 5.41) is 1.26. The van der Waals surface area contributed by atoms with Crippen LogP contribution in [0.4, 0.5) is 0 Å². The minimum Gasteiger partial charge on any atom is -0.497 e. The molecule has 0 saturated carbocycles. The number of allylic oxidation sites excluding steroid dienone is 2. The van der Waals surface area contributed by atoms with Gasteiger partial charge in [-0.3, -0.25) is 0 Å². The van der Waals surface area contributed by atoms with Crippen LogP contribution >= 0.6 is 15.9 Å². The number of halogens is 1. The van der Waals surface area contributed by atoms with Gasteiger partial charge >= 0.3 is 0 Å². The van der Waals surface area contributed by atoms with Crippen LogP contribution in [0.15, 0.2) is 65.3 Å². The topological polar surface area (TPSA) is 25.0 Å². The zero-order valence-electron chi connectivity index (χ0n) is 14.3. The lowest BCUT2D eigenvalue weighted by Crippen LogP contribution is -1.84. The molecule has 0 atom stereocenters. The summed E-state index contributed by atoms with van der Waals surface area (Å²) in [5.41, 5.74) is 3.58. The zero-order chi connectivity index (χ0) is 17.5. The van der Waals surface area contributed by atoms with Gasteiger partial charge in [0.2, 0.25) is 0 Å². The fourth-order valence-corrected chi connectivity index (χ4v) is 3.11. The number of hydrogen-bond acceptors (Lipinski definition) is 1. The molecule has 0 saturated heterocycles. The lowest BCUT2D eigenvalue weighted by Gasteiger charge is -2.03. The van der Waals surface area contributed by atoms with Crippen LogP contribution in [-0.4, -0.2) is 12.1 Å². The number of methoxy groups -OCH3 is 1. The van der Waals surface area contributed by atoms with E-state index in [9.17, 15) is 0 Å². The van der Waals surface area contributed by atoms with Gasteiger partial charge in [-0.05, 0) is 66.1 Å². The Hall–Kier alpha value is -2.26. The number of aromatic nitrogens is 1. The number of unbranched alkanes of at least 4 members (excludes halogenated alkanes) is 2. The number of aromatic amines is 1. The van der Waals surface area contributed by atoms with E-state index < -0.39 is 0 Å². The van der Waals surface area contributed by atoms with Crippen molar-refractivity contribution in [2.45, 2.75) is 19.3 Å². The lowest BCUT2D eigenvalue weighted by atomic mass is 10.1. The molecule has 0 spiro atoms. The Kier molecular flexibility index (Phi) is 6.13. The highest BCUT2D eigenvalue weighted by Gasteiger charge is 1.98. The van der Waals surface area contributed by atoms with E-state index in [2.05, 4.69) is 69.5 Å². The third-order valence-electron chi connectivity index (χ3n) is 4.13. The van der Waals surface area contributed by atoms with E-state index in [0.717, 1.165) is 35.0 Å². The molecule has 0 radical (unpaired) electrons. The second kappa shape index (κ2) is 8.72. The number of rotatable bonds is 7. The third kappa shape index (κ3) is 4.86. The van der Waals surface area contributed by atoms with E-state index in [0.29, 0.717) is 0 Å². The minimum absolute atomic E-state index is 0.879. The van der Waals surface area contributed by atoms with Gasteiger partial charge in [0.25, 0.3) is 0 Å². The molecule has 0 aliphatic rings. The van der Waals surface area contributed by atoms with Crippen LogP contribution in [-0.2, 0) is 0 Å². The highest BCUT2D eigenvalue weighted by atomic mass is 79.9. The number of ether oxygens (including phenoxy) is 1. The summed E-state index contributed by atoms with van der Waals surface area (Å²) in [6.07, 6.45) is 14.1. The van der Waals surface area contributed by atoms with Crippen molar-refractivity contribution in [1.82, 2.24) is 4.98 Å². The fraction of sp³-hybridized carbons (Fsp3) is 0.182. The first kappa shape index (κ1) is 17.6. The Morgan fingerprint density at radius 1 is 1.00 bits per heavy atom. The maximum absolute atomic E-state index is 5.27. The molecule has 25 heavy (non-hydrogen) atoms. The average molecular weight is 396 g/mol. The molecule has 1 heterocycles. The molecule has 3 heteroatoms. The van der Waals surface area contributed by atoms with Gasteiger partial charge in [-0.15, -0.1) is 0 Å². The number of H-pyrrole nitrogens is 1. The molecular weight excluding hydrogens is 374 g/mol. The highest BCUT2D eigenvalue weighted by molar-refractivity contribution is 9.10. The molecule has 0 aliphatic heterocycles. The van der Waals surface area contributed by atoms with Gasteiger partial charge < -0.3 is 9.72 Å². The number of fused-ring (bicyclic) bond motifs is 1. The molecule has 3 rings (SSSR count). The summed E-state index contributed by atoms with van der Waals surface area (Å²) >= 11 is 3.57. The average Bonchev–Trinajstić information content (AvgIpc) is 3.10. The van der Waals surface area contributed by atoms with Crippen LogP contribution in [0.3, 0.4) is 0 Å². The summed E-state index contributed by atoms with van der Waals surface area (Å²) in [6, 6.07) is 14.6. The highest BCUT2D eigenvalue weighted by Crippen LogP contribution is 2.24. The molecule has 0 amide bonds. The minimum atomic E-state index is 0.879. The molecule has 2 nitrogen and oxygen atoms in total. The molecule has 128 valence electrons. The second-order valence-electron chi connectivity index (χ2n) is 5.95. The summed E-state index contributed by atoms with van der Waals surface area (Å²) in [4.78, 5) is 3.25. The van der Waals surface area contributed by atoms with Gasteiger partial charge in [0.1, 0.15) is 5.75 Å². The first-order chi connectivity index (χ1) is 12.3. The largest absolute Gasteiger partial charge is 0.497 e. The van der Waals surface area contributed by atoms with Crippen LogP contribution in [0.25, 0.3) is 23.1 Å². The Morgan fingerprint density at radius 3 is 2.68 bits per heavy atom. The maximum atomic E-state index is 5.27. The van der Waals surface area contributed by atoms with Gasteiger partial charge in [0.05, 0.1) is 7.11 Å². The summed E-state index contributed by atoms with van der Waals surface area (Å²) < 4.78 is 6.35. The van der Waals surface area contributed by atoms with Gasteiger partial charge in [-0.1, -0.05) is 52.4 Å². The standard InChI is InChI=1S/C22H22BrNO/c1-25-20-11-12-21(23)19(16-20)8-6-4-2-3-5-7-17-9-10-18-13-14-24-22(18)15-17/h5-16,24H,2-4H2,1H3/b7-5+,8-6+. The summed E-state index contributed by atoms with van der Waals surface area (Å²) in [7, 11) is 1.69. The Morgan fingerprint density at radius 2 is 1.84 bits per heavy atom. The van der Waals surface area contributed by atoms with Crippen molar-refractivity contribution in [3.8, 4) is 5.75 Å². The van der Waals surface area contributed by atoms with Crippen molar-refractivity contribution in [2.75, 3.05) is 7.11 Å². The molecular formula is C22H22BrNO. The quantitative estimate of drug-likeness (QED) is 0.435. The van der Waals surface area contributed by atoms with Gasteiger partial charge in [-0.2, -0.15) is 0 Å². The van der Waals surface area contributed by atoms with Gasteiger partial charge in [0.15, 0.2) is 0 Å². The van der Waals surface area contributed by atoms with E-state index in [1.54, 1.807) is 7.11 Å². The first-order valence-corrected chi connectivity index (χ1v) is 9.29.